The van der Waals surface area contributed by atoms with Gasteiger partial charge in [-0.2, -0.15) is 0 Å². The Balaban J connectivity index is 1.17. The van der Waals surface area contributed by atoms with Crippen molar-refractivity contribution in [2.24, 2.45) is 0 Å². The van der Waals surface area contributed by atoms with Gasteiger partial charge in [0.2, 0.25) is 0 Å². The molecule has 0 fully saturated rings. The molecule has 2 heterocycles. The Morgan fingerprint density at radius 3 is 1.94 bits per heavy atom. The van der Waals surface area contributed by atoms with Crippen molar-refractivity contribution in [2.45, 2.75) is 0 Å². The normalized spacial score (nSPS) is 11.8. The summed E-state index contributed by atoms with van der Waals surface area (Å²) >= 11 is 0. The van der Waals surface area contributed by atoms with Gasteiger partial charge in [-0.3, -0.25) is 0 Å². The molecule has 3 heteroatoms. The second-order valence-corrected chi connectivity index (χ2v) is 12.1. The Labute approximate surface area is 270 Å². The standard InChI is InChI=1S/C44H27NO2/c1-2-10-31-26-34(23-18-28(31)8-1)45(39-13-7-15-42-43(39)37-24-19-30-9-3-4-11-35(30)44(37)47-42)33-21-16-29(17-22-33)32-20-25-41-38(27-32)36-12-5-6-14-40(36)46-41/h1-27H. The van der Waals surface area contributed by atoms with Gasteiger partial charge in [0, 0.05) is 32.9 Å². The summed E-state index contributed by atoms with van der Waals surface area (Å²) in [6.07, 6.45) is 0. The number of benzene rings is 8. The first kappa shape index (κ1) is 26.0. The minimum atomic E-state index is 0.872. The lowest BCUT2D eigenvalue weighted by Gasteiger charge is -2.27. The summed E-state index contributed by atoms with van der Waals surface area (Å²) < 4.78 is 12.7. The molecule has 220 valence electrons. The van der Waals surface area contributed by atoms with Crippen LogP contribution in [0.4, 0.5) is 17.1 Å². The van der Waals surface area contributed by atoms with Crippen LogP contribution in [0.2, 0.25) is 0 Å². The van der Waals surface area contributed by atoms with E-state index in [2.05, 4.69) is 157 Å². The van der Waals surface area contributed by atoms with Crippen LogP contribution in [0, 0.1) is 0 Å². The molecule has 0 aliphatic rings. The molecule has 0 aliphatic carbocycles. The van der Waals surface area contributed by atoms with Crippen molar-refractivity contribution in [3.63, 3.8) is 0 Å². The van der Waals surface area contributed by atoms with Crippen LogP contribution in [0.25, 0.3) is 76.5 Å². The van der Waals surface area contributed by atoms with E-state index in [0.717, 1.165) is 77.5 Å². The zero-order chi connectivity index (χ0) is 30.9. The quantitative estimate of drug-likeness (QED) is 0.201. The Morgan fingerprint density at radius 1 is 0.362 bits per heavy atom. The van der Waals surface area contributed by atoms with Gasteiger partial charge in [-0.15, -0.1) is 0 Å². The lowest BCUT2D eigenvalue weighted by molar-refractivity contribution is 0.669. The number of nitrogens with zero attached hydrogens (tertiary/aromatic N) is 1. The van der Waals surface area contributed by atoms with Gasteiger partial charge in [0.25, 0.3) is 0 Å². The predicted molar refractivity (Wildman–Crippen MR) is 196 cm³/mol. The third-order valence-corrected chi connectivity index (χ3v) is 9.43. The second kappa shape index (κ2) is 10.1. The third kappa shape index (κ3) is 4.07. The molecule has 0 bridgehead atoms. The Kier molecular flexibility index (Phi) is 5.57. The van der Waals surface area contributed by atoms with Crippen molar-refractivity contribution in [1.82, 2.24) is 0 Å². The lowest BCUT2D eigenvalue weighted by atomic mass is 10.0. The monoisotopic (exact) mass is 601 g/mol. The summed E-state index contributed by atoms with van der Waals surface area (Å²) in [5.74, 6) is 0. The molecule has 0 amide bonds. The van der Waals surface area contributed by atoms with Crippen molar-refractivity contribution in [3.05, 3.63) is 164 Å². The molecule has 0 aliphatic heterocycles. The van der Waals surface area contributed by atoms with Crippen LogP contribution >= 0.6 is 0 Å². The number of hydrogen-bond acceptors (Lipinski definition) is 3. The fourth-order valence-corrected chi connectivity index (χ4v) is 7.17. The van der Waals surface area contributed by atoms with Crippen molar-refractivity contribution in [3.8, 4) is 11.1 Å². The predicted octanol–water partition coefficient (Wildman–Crippen LogP) is 12.9. The van der Waals surface area contributed by atoms with Crippen molar-refractivity contribution < 1.29 is 8.83 Å². The van der Waals surface area contributed by atoms with Crippen LogP contribution in [0.1, 0.15) is 0 Å². The van der Waals surface area contributed by atoms with Gasteiger partial charge in [0.1, 0.15) is 22.3 Å². The zero-order valence-corrected chi connectivity index (χ0v) is 25.4. The molecule has 0 spiro atoms. The highest BCUT2D eigenvalue weighted by Gasteiger charge is 2.21. The van der Waals surface area contributed by atoms with E-state index in [1.807, 2.05) is 12.1 Å². The molecule has 0 radical (unpaired) electrons. The minimum Gasteiger partial charge on any atom is -0.456 e. The van der Waals surface area contributed by atoms with Gasteiger partial charge >= 0.3 is 0 Å². The number of anilines is 3. The van der Waals surface area contributed by atoms with E-state index in [1.165, 1.54) is 16.2 Å². The van der Waals surface area contributed by atoms with E-state index >= 15 is 0 Å². The highest BCUT2D eigenvalue weighted by molar-refractivity contribution is 6.19. The molecule has 10 aromatic rings. The van der Waals surface area contributed by atoms with Crippen LogP contribution < -0.4 is 4.90 Å². The van der Waals surface area contributed by atoms with Crippen LogP contribution in [0.15, 0.2) is 173 Å². The average molecular weight is 602 g/mol. The fourth-order valence-electron chi connectivity index (χ4n) is 7.17. The topological polar surface area (TPSA) is 29.5 Å². The number of para-hydroxylation sites is 1. The molecule has 0 saturated heterocycles. The first-order valence-corrected chi connectivity index (χ1v) is 15.9. The van der Waals surface area contributed by atoms with Gasteiger partial charge in [-0.1, -0.05) is 103 Å². The molecule has 10 rings (SSSR count). The SMILES string of the molecule is c1ccc2cc(N(c3ccc(-c4ccc5oc6ccccc6c5c4)cc3)c3cccc4oc5c6ccccc6ccc5c34)ccc2c1. The smallest absolute Gasteiger partial charge is 0.143 e. The van der Waals surface area contributed by atoms with Gasteiger partial charge in [0.05, 0.1) is 11.1 Å². The largest absolute Gasteiger partial charge is 0.456 e. The van der Waals surface area contributed by atoms with E-state index in [-0.39, 0.29) is 0 Å². The maximum absolute atomic E-state index is 6.60. The first-order chi connectivity index (χ1) is 23.3. The average Bonchev–Trinajstić information content (AvgIpc) is 3.71. The van der Waals surface area contributed by atoms with E-state index in [4.69, 9.17) is 8.83 Å². The first-order valence-electron chi connectivity index (χ1n) is 15.9. The molecule has 8 aromatic carbocycles. The summed E-state index contributed by atoms with van der Waals surface area (Å²) in [5, 5.41) is 9.18. The number of rotatable bonds is 4. The number of furan rings is 2. The Morgan fingerprint density at radius 2 is 1.04 bits per heavy atom. The van der Waals surface area contributed by atoms with Crippen LogP contribution in [-0.2, 0) is 0 Å². The molecule has 3 nitrogen and oxygen atoms in total. The van der Waals surface area contributed by atoms with E-state index in [9.17, 15) is 0 Å². The van der Waals surface area contributed by atoms with Crippen molar-refractivity contribution in [2.75, 3.05) is 4.90 Å². The van der Waals surface area contributed by atoms with Gasteiger partial charge in [-0.05, 0) is 87.9 Å². The highest BCUT2D eigenvalue weighted by atomic mass is 16.3. The molecule has 0 unspecified atom stereocenters. The van der Waals surface area contributed by atoms with Crippen molar-refractivity contribution >= 4 is 82.5 Å². The summed E-state index contributed by atoms with van der Waals surface area (Å²) in [5.41, 5.74) is 9.15. The van der Waals surface area contributed by atoms with E-state index in [1.54, 1.807) is 0 Å². The summed E-state index contributed by atoms with van der Waals surface area (Å²) in [6.45, 7) is 0. The van der Waals surface area contributed by atoms with Gasteiger partial charge in [0.15, 0.2) is 0 Å². The van der Waals surface area contributed by atoms with E-state index < -0.39 is 0 Å². The zero-order valence-electron chi connectivity index (χ0n) is 25.4. The molecule has 0 saturated carbocycles. The second-order valence-electron chi connectivity index (χ2n) is 12.1. The molecular weight excluding hydrogens is 574 g/mol. The highest BCUT2D eigenvalue weighted by Crippen LogP contribution is 2.45. The van der Waals surface area contributed by atoms with E-state index in [0.29, 0.717) is 0 Å². The van der Waals surface area contributed by atoms with Crippen LogP contribution in [0.5, 0.6) is 0 Å². The van der Waals surface area contributed by atoms with Crippen LogP contribution in [-0.4, -0.2) is 0 Å². The molecular formula is C44H27NO2. The van der Waals surface area contributed by atoms with Crippen molar-refractivity contribution in [1.29, 1.82) is 0 Å². The molecule has 2 aromatic heterocycles. The fraction of sp³-hybridized carbons (Fsp3) is 0. The van der Waals surface area contributed by atoms with Crippen LogP contribution in [0.3, 0.4) is 0 Å². The molecule has 0 atom stereocenters. The lowest BCUT2D eigenvalue weighted by Crippen LogP contribution is -2.10. The summed E-state index contributed by atoms with van der Waals surface area (Å²) in [6, 6.07) is 58.0. The van der Waals surface area contributed by atoms with Gasteiger partial charge in [-0.25, -0.2) is 0 Å². The molecule has 0 N–H and O–H groups in total. The maximum atomic E-state index is 6.60. The third-order valence-electron chi connectivity index (χ3n) is 9.43. The summed E-state index contributed by atoms with van der Waals surface area (Å²) in [4.78, 5) is 2.36. The number of fused-ring (bicyclic) bond motifs is 9. The summed E-state index contributed by atoms with van der Waals surface area (Å²) in [7, 11) is 0. The maximum Gasteiger partial charge on any atom is 0.143 e. The minimum absolute atomic E-state index is 0.872. The molecule has 47 heavy (non-hydrogen) atoms. The Hall–Kier alpha value is -6.32. The van der Waals surface area contributed by atoms with Gasteiger partial charge < -0.3 is 13.7 Å². The Bertz CT molecular complexity index is 2800. The number of hydrogen-bond donors (Lipinski definition) is 0.